The summed E-state index contributed by atoms with van der Waals surface area (Å²) < 4.78 is 0. The molecule has 0 rings (SSSR count). The van der Waals surface area contributed by atoms with Gasteiger partial charge in [0, 0.05) is 6.61 Å². The Bertz CT molecular complexity index is 106. The molecule has 0 fully saturated rings. The first-order valence-electron chi connectivity index (χ1n) is 3.09. The summed E-state index contributed by atoms with van der Waals surface area (Å²) in [5.41, 5.74) is 0. The Morgan fingerprint density at radius 1 is 1.80 bits per heavy atom. The Hall–Kier alpha value is -0.840. The van der Waals surface area contributed by atoms with Crippen molar-refractivity contribution in [2.75, 3.05) is 6.61 Å². The maximum atomic E-state index is 9.69. The van der Waals surface area contributed by atoms with Crippen LogP contribution in [0.1, 0.15) is 19.8 Å². The minimum absolute atomic E-state index is 0.0470. The maximum absolute atomic E-state index is 9.69. The van der Waals surface area contributed by atoms with Gasteiger partial charge < -0.3 is 9.94 Å². The monoisotopic (exact) mass is 149 g/mol. The van der Waals surface area contributed by atoms with Crippen molar-refractivity contribution in [1.82, 2.24) is 0 Å². The second-order valence-electron chi connectivity index (χ2n) is 2.01. The first kappa shape index (κ1) is 9.16. The van der Waals surface area contributed by atoms with Crippen LogP contribution >= 0.6 is 0 Å². The third kappa shape index (κ3) is 5.30. The summed E-state index contributed by atoms with van der Waals surface area (Å²) >= 11 is 0. The fraction of sp³-hybridized carbons (Fsp3) is 1.00. The molecule has 5 nitrogen and oxygen atoms in total. The van der Waals surface area contributed by atoms with Gasteiger partial charge in [0.2, 0.25) is 0 Å². The van der Waals surface area contributed by atoms with Crippen molar-refractivity contribution in [3.8, 4) is 0 Å². The van der Waals surface area contributed by atoms with E-state index in [1.807, 2.05) is 0 Å². The Balaban J connectivity index is 3.25. The lowest BCUT2D eigenvalue weighted by molar-refractivity contribution is -0.767. The van der Waals surface area contributed by atoms with Gasteiger partial charge in [0.05, 0.1) is 0 Å². The van der Waals surface area contributed by atoms with Gasteiger partial charge in [-0.05, 0) is 19.8 Å². The fourth-order valence-electron chi connectivity index (χ4n) is 0.578. The molecule has 0 bridgehead atoms. The number of aliphatic hydroxyl groups excluding tert-OH is 1. The predicted octanol–water partition coefficient (Wildman–Crippen LogP) is 0.356. The molecule has 5 heteroatoms. The molecule has 0 aromatic heterocycles. The quantitative estimate of drug-likeness (QED) is 0.452. The van der Waals surface area contributed by atoms with Crippen LogP contribution in [0.3, 0.4) is 0 Å². The van der Waals surface area contributed by atoms with Gasteiger partial charge >= 0.3 is 0 Å². The highest BCUT2D eigenvalue weighted by atomic mass is 17.0. The van der Waals surface area contributed by atoms with E-state index in [1.54, 1.807) is 6.92 Å². The Morgan fingerprint density at radius 3 is 2.80 bits per heavy atom. The summed E-state index contributed by atoms with van der Waals surface area (Å²) in [6.45, 7) is 1.64. The van der Waals surface area contributed by atoms with Gasteiger partial charge in [-0.2, -0.15) is 0 Å². The zero-order valence-corrected chi connectivity index (χ0v) is 5.82. The molecule has 0 aromatic rings. The van der Waals surface area contributed by atoms with Crippen LogP contribution in [0.4, 0.5) is 0 Å². The Morgan fingerprint density at radius 2 is 2.40 bits per heavy atom. The number of hydrogen-bond acceptors (Lipinski definition) is 4. The smallest absolute Gasteiger partial charge is 0.294 e. The second kappa shape index (κ2) is 4.99. The zero-order chi connectivity index (χ0) is 7.98. The minimum atomic E-state index is -0.817. The van der Waals surface area contributed by atoms with E-state index in [0.29, 0.717) is 12.8 Å². The zero-order valence-electron chi connectivity index (χ0n) is 5.82. The van der Waals surface area contributed by atoms with E-state index < -0.39 is 11.2 Å². The SMILES string of the molecule is CC(CCCO)O[N+](=O)[O-]. The van der Waals surface area contributed by atoms with Crippen LogP contribution < -0.4 is 0 Å². The maximum Gasteiger partial charge on any atom is 0.294 e. The van der Waals surface area contributed by atoms with Gasteiger partial charge in [-0.15, -0.1) is 10.1 Å². The molecule has 0 saturated heterocycles. The molecule has 0 aliphatic carbocycles. The molecule has 0 aromatic carbocycles. The number of aliphatic hydroxyl groups is 1. The first-order valence-corrected chi connectivity index (χ1v) is 3.09. The first-order chi connectivity index (χ1) is 4.66. The molecule has 1 N–H and O–H groups in total. The molecule has 0 saturated carbocycles. The average Bonchev–Trinajstić information content (AvgIpc) is 1.82. The highest BCUT2D eigenvalue weighted by molar-refractivity contribution is 4.45. The van der Waals surface area contributed by atoms with E-state index in [1.165, 1.54) is 0 Å². The molecular weight excluding hydrogens is 138 g/mol. The van der Waals surface area contributed by atoms with Gasteiger partial charge in [0.15, 0.2) is 0 Å². The summed E-state index contributed by atoms with van der Waals surface area (Å²) in [6, 6.07) is 0. The van der Waals surface area contributed by atoms with E-state index >= 15 is 0 Å². The molecular formula is C5H11NO4. The van der Waals surface area contributed by atoms with E-state index in [9.17, 15) is 10.1 Å². The van der Waals surface area contributed by atoms with Gasteiger partial charge in [-0.3, -0.25) is 0 Å². The van der Waals surface area contributed by atoms with Crippen LogP contribution in [0.2, 0.25) is 0 Å². The van der Waals surface area contributed by atoms with E-state index in [2.05, 4.69) is 4.84 Å². The molecule has 1 atom stereocenters. The highest BCUT2D eigenvalue weighted by Gasteiger charge is 2.04. The lowest BCUT2D eigenvalue weighted by Crippen LogP contribution is -2.13. The van der Waals surface area contributed by atoms with Gasteiger partial charge in [0.1, 0.15) is 6.10 Å². The summed E-state index contributed by atoms with van der Waals surface area (Å²) in [6.07, 6.45) is 0.633. The van der Waals surface area contributed by atoms with Crippen LogP contribution in [0.5, 0.6) is 0 Å². The molecule has 0 spiro atoms. The van der Waals surface area contributed by atoms with Crippen molar-refractivity contribution in [2.24, 2.45) is 0 Å². The summed E-state index contributed by atoms with van der Waals surface area (Å²) in [7, 11) is 0. The molecule has 0 heterocycles. The average molecular weight is 149 g/mol. The summed E-state index contributed by atoms with van der Waals surface area (Å²) in [4.78, 5) is 13.9. The summed E-state index contributed by atoms with van der Waals surface area (Å²) in [5, 5.41) is 17.2. The molecule has 1 unspecified atom stereocenters. The molecule has 10 heavy (non-hydrogen) atoms. The van der Waals surface area contributed by atoms with Crippen LogP contribution in [0.25, 0.3) is 0 Å². The third-order valence-electron chi connectivity index (χ3n) is 1.03. The van der Waals surface area contributed by atoms with Crippen molar-refractivity contribution >= 4 is 0 Å². The van der Waals surface area contributed by atoms with Crippen molar-refractivity contribution in [1.29, 1.82) is 0 Å². The lowest BCUT2D eigenvalue weighted by atomic mass is 10.2. The third-order valence-corrected chi connectivity index (χ3v) is 1.03. The van der Waals surface area contributed by atoms with Crippen molar-refractivity contribution in [3.63, 3.8) is 0 Å². The van der Waals surface area contributed by atoms with E-state index in [4.69, 9.17) is 5.11 Å². The predicted molar refractivity (Wildman–Crippen MR) is 33.9 cm³/mol. The van der Waals surface area contributed by atoms with Gasteiger partial charge in [0.25, 0.3) is 5.09 Å². The highest BCUT2D eigenvalue weighted by Crippen LogP contribution is 1.99. The molecule has 0 aliphatic heterocycles. The lowest BCUT2D eigenvalue weighted by Gasteiger charge is -2.06. The van der Waals surface area contributed by atoms with E-state index in [-0.39, 0.29) is 6.61 Å². The molecule has 0 aliphatic rings. The standard InChI is InChI=1S/C5H11NO4/c1-5(3-2-4-7)10-6(8)9/h5,7H,2-4H2,1H3. The Labute approximate surface area is 58.7 Å². The number of nitrogens with zero attached hydrogens (tertiary/aromatic N) is 1. The number of hydrogen-bond donors (Lipinski definition) is 1. The van der Waals surface area contributed by atoms with Crippen molar-refractivity contribution in [2.45, 2.75) is 25.9 Å². The van der Waals surface area contributed by atoms with Crippen LogP contribution in [0.15, 0.2) is 0 Å². The van der Waals surface area contributed by atoms with Gasteiger partial charge in [-0.25, -0.2) is 0 Å². The molecule has 0 amide bonds. The van der Waals surface area contributed by atoms with E-state index in [0.717, 1.165) is 0 Å². The van der Waals surface area contributed by atoms with Gasteiger partial charge in [-0.1, -0.05) is 0 Å². The second-order valence-corrected chi connectivity index (χ2v) is 2.01. The van der Waals surface area contributed by atoms with Crippen LogP contribution in [0, 0.1) is 10.1 Å². The topological polar surface area (TPSA) is 72.6 Å². The number of rotatable bonds is 5. The van der Waals surface area contributed by atoms with Crippen LogP contribution in [-0.4, -0.2) is 22.9 Å². The normalized spacial score (nSPS) is 12.6. The summed E-state index contributed by atoms with van der Waals surface area (Å²) in [5.74, 6) is 0. The fourth-order valence-corrected chi connectivity index (χ4v) is 0.578. The van der Waals surface area contributed by atoms with Crippen LogP contribution in [-0.2, 0) is 4.84 Å². The largest absolute Gasteiger partial charge is 0.396 e. The Kier molecular flexibility index (Phi) is 4.57. The minimum Gasteiger partial charge on any atom is -0.396 e. The van der Waals surface area contributed by atoms with Crippen molar-refractivity contribution < 1.29 is 15.0 Å². The molecule has 60 valence electrons. The molecule has 0 radical (unpaired) electrons. The van der Waals surface area contributed by atoms with Crippen molar-refractivity contribution in [3.05, 3.63) is 10.1 Å².